The Bertz CT molecular complexity index is 488. The SMILES string of the molecule is CC(C)Oc1ccc(CCNC(=O)N2CCCCC2CO)cc1. The molecule has 2 amide bonds. The maximum Gasteiger partial charge on any atom is 0.317 e. The third-order valence-corrected chi connectivity index (χ3v) is 4.08. The lowest BCUT2D eigenvalue weighted by Crippen LogP contribution is -2.50. The van der Waals surface area contributed by atoms with E-state index >= 15 is 0 Å². The maximum atomic E-state index is 12.2. The zero-order chi connectivity index (χ0) is 16.7. The fourth-order valence-electron chi connectivity index (χ4n) is 2.88. The van der Waals surface area contributed by atoms with Gasteiger partial charge in [0.05, 0.1) is 18.8 Å². The largest absolute Gasteiger partial charge is 0.491 e. The minimum Gasteiger partial charge on any atom is -0.491 e. The lowest BCUT2D eigenvalue weighted by Gasteiger charge is -2.34. The highest BCUT2D eigenvalue weighted by molar-refractivity contribution is 5.74. The van der Waals surface area contributed by atoms with Crippen LogP contribution in [-0.4, -0.2) is 47.9 Å². The van der Waals surface area contributed by atoms with Gasteiger partial charge in [0.2, 0.25) is 0 Å². The summed E-state index contributed by atoms with van der Waals surface area (Å²) in [4.78, 5) is 14.0. The van der Waals surface area contributed by atoms with Gasteiger partial charge in [0.25, 0.3) is 0 Å². The Labute approximate surface area is 138 Å². The van der Waals surface area contributed by atoms with E-state index in [0.717, 1.165) is 38.0 Å². The predicted octanol–water partition coefficient (Wildman–Crippen LogP) is 2.57. The third kappa shape index (κ3) is 5.43. The van der Waals surface area contributed by atoms with Crippen LogP contribution in [0.25, 0.3) is 0 Å². The summed E-state index contributed by atoms with van der Waals surface area (Å²) in [7, 11) is 0. The van der Waals surface area contributed by atoms with Crippen molar-refractivity contribution in [2.75, 3.05) is 19.7 Å². The number of likely N-dealkylation sites (tertiary alicyclic amines) is 1. The van der Waals surface area contributed by atoms with E-state index in [9.17, 15) is 9.90 Å². The number of nitrogens with zero attached hydrogens (tertiary/aromatic N) is 1. The maximum absolute atomic E-state index is 12.2. The Morgan fingerprint density at radius 3 is 2.74 bits per heavy atom. The van der Waals surface area contributed by atoms with Gasteiger partial charge in [-0.3, -0.25) is 0 Å². The minimum atomic E-state index is -0.0662. The number of urea groups is 1. The average Bonchev–Trinajstić information content (AvgIpc) is 2.55. The van der Waals surface area contributed by atoms with Gasteiger partial charge < -0.3 is 20.1 Å². The summed E-state index contributed by atoms with van der Waals surface area (Å²) in [5, 5.41) is 12.3. The van der Waals surface area contributed by atoms with Gasteiger partial charge in [0.15, 0.2) is 0 Å². The van der Waals surface area contributed by atoms with E-state index in [4.69, 9.17) is 4.74 Å². The zero-order valence-corrected chi connectivity index (χ0v) is 14.1. The predicted molar refractivity (Wildman–Crippen MR) is 90.7 cm³/mol. The number of nitrogens with one attached hydrogen (secondary N) is 1. The molecule has 1 atom stereocenters. The van der Waals surface area contributed by atoms with Crippen molar-refractivity contribution < 1.29 is 14.6 Å². The molecule has 1 unspecified atom stereocenters. The molecule has 1 aromatic rings. The van der Waals surface area contributed by atoms with Crippen LogP contribution in [0.3, 0.4) is 0 Å². The van der Waals surface area contributed by atoms with E-state index in [1.807, 2.05) is 38.1 Å². The quantitative estimate of drug-likeness (QED) is 0.847. The molecule has 1 aromatic carbocycles. The summed E-state index contributed by atoms with van der Waals surface area (Å²) in [6, 6.07) is 7.88. The van der Waals surface area contributed by atoms with E-state index in [1.54, 1.807) is 4.90 Å². The van der Waals surface area contributed by atoms with E-state index in [2.05, 4.69) is 5.32 Å². The van der Waals surface area contributed by atoms with Gasteiger partial charge in [0, 0.05) is 13.1 Å². The number of rotatable bonds is 6. The number of carbonyl (C=O) groups is 1. The first-order chi connectivity index (χ1) is 11.1. The molecule has 0 aliphatic carbocycles. The second kappa shape index (κ2) is 8.77. The van der Waals surface area contributed by atoms with Crippen LogP contribution in [0.4, 0.5) is 4.79 Å². The molecule has 128 valence electrons. The van der Waals surface area contributed by atoms with Crippen LogP contribution in [0.1, 0.15) is 38.7 Å². The molecular weight excluding hydrogens is 292 g/mol. The van der Waals surface area contributed by atoms with Gasteiger partial charge in [-0.15, -0.1) is 0 Å². The van der Waals surface area contributed by atoms with Crippen molar-refractivity contribution in [1.29, 1.82) is 0 Å². The van der Waals surface area contributed by atoms with Crippen molar-refractivity contribution in [3.63, 3.8) is 0 Å². The summed E-state index contributed by atoms with van der Waals surface area (Å²) >= 11 is 0. The normalized spacial score (nSPS) is 18.1. The Morgan fingerprint density at radius 2 is 2.09 bits per heavy atom. The fraction of sp³-hybridized carbons (Fsp3) is 0.611. The van der Waals surface area contributed by atoms with Crippen LogP contribution in [0, 0.1) is 0 Å². The van der Waals surface area contributed by atoms with Gasteiger partial charge in [0.1, 0.15) is 5.75 Å². The molecule has 5 heteroatoms. The molecular formula is C18H28N2O3. The highest BCUT2D eigenvalue weighted by Crippen LogP contribution is 2.17. The highest BCUT2D eigenvalue weighted by atomic mass is 16.5. The molecule has 23 heavy (non-hydrogen) atoms. The number of hydrogen-bond donors (Lipinski definition) is 2. The molecule has 5 nitrogen and oxygen atoms in total. The van der Waals surface area contributed by atoms with Gasteiger partial charge in [-0.05, 0) is 57.2 Å². The summed E-state index contributed by atoms with van der Waals surface area (Å²) in [6.45, 7) is 5.38. The number of benzene rings is 1. The van der Waals surface area contributed by atoms with E-state index in [0.29, 0.717) is 6.54 Å². The topological polar surface area (TPSA) is 61.8 Å². The highest BCUT2D eigenvalue weighted by Gasteiger charge is 2.25. The van der Waals surface area contributed by atoms with Crippen molar-refractivity contribution in [3.05, 3.63) is 29.8 Å². The fourth-order valence-corrected chi connectivity index (χ4v) is 2.88. The number of aliphatic hydroxyl groups excluding tert-OH is 1. The van der Waals surface area contributed by atoms with Crippen LogP contribution in [0.15, 0.2) is 24.3 Å². The number of piperidine rings is 1. The average molecular weight is 320 g/mol. The first-order valence-corrected chi connectivity index (χ1v) is 8.51. The smallest absolute Gasteiger partial charge is 0.317 e. The molecule has 1 fully saturated rings. The van der Waals surface area contributed by atoms with Crippen molar-refractivity contribution in [3.8, 4) is 5.75 Å². The molecule has 2 N–H and O–H groups in total. The molecule has 0 radical (unpaired) electrons. The third-order valence-electron chi connectivity index (χ3n) is 4.08. The Morgan fingerprint density at radius 1 is 1.35 bits per heavy atom. The van der Waals surface area contributed by atoms with Crippen LogP contribution in [0.5, 0.6) is 5.75 Å². The van der Waals surface area contributed by atoms with Crippen molar-refractivity contribution >= 4 is 6.03 Å². The van der Waals surface area contributed by atoms with Crippen molar-refractivity contribution in [2.45, 2.75) is 51.7 Å². The molecule has 0 aromatic heterocycles. The first-order valence-electron chi connectivity index (χ1n) is 8.51. The van der Waals surface area contributed by atoms with Gasteiger partial charge >= 0.3 is 6.03 Å². The molecule has 0 bridgehead atoms. The zero-order valence-electron chi connectivity index (χ0n) is 14.1. The van der Waals surface area contributed by atoms with E-state index < -0.39 is 0 Å². The van der Waals surface area contributed by atoms with E-state index in [-0.39, 0.29) is 24.8 Å². The van der Waals surface area contributed by atoms with Crippen LogP contribution in [-0.2, 0) is 6.42 Å². The number of amides is 2. The Kier molecular flexibility index (Phi) is 6.71. The molecule has 1 heterocycles. The Balaban J connectivity index is 1.76. The van der Waals surface area contributed by atoms with Crippen molar-refractivity contribution in [1.82, 2.24) is 10.2 Å². The second-order valence-corrected chi connectivity index (χ2v) is 6.32. The lowest BCUT2D eigenvalue weighted by atomic mass is 10.0. The molecule has 0 saturated carbocycles. The standard InChI is InChI=1S/C18H28N2O3/c1-14(2)23-17-8-6-15(7-9-17)10-11-19-18(22)20-12-4-3-5-16(20)13-21/h6-9,14,16,21H,3-5,10-13H2,1-2H3,(H,19,22). The Hall–Kier alpha value is -1.75. The number of aliphatic hydroxyl groups is 1. The monoisotopic (exact) mass is 320 g/mol. The van der Waals surface area contributed by atoms with Crippen LogP contribution in [0.2, 0.25) is 0 Å². The molecule has 0 spiro atoms. The van der Waals surface area contributed by atoms with Gasteiger partial charge in [-0.2, -0.15) is 0 Å². The molecule has 1 saturated heterocycles. The van der Waals surface area contributed by atoms with Crippen molar-refractivity contribution in [2.24, 2.45) is 0 Å². The lowest BCUT2D eigenvalue weighted by molar-refractivity contribution is 0.108. The van der Waals surface area contributed by atoms with Gasteiger partial charge in [-0.25, -0.2) is 4.79 Å². The summed E-state index contributed by atoms with van der Waals surface area (Å²) in [6.07, 6.45) is 3.94. The second-order valence-electron chi connectivity index (χ2n) is 6.32. The molecule has 1 aliphatic heterocycles. The first kappa shape index (κ1) is 17.6. The summed E-state index contributed by atoms with van der Waals surface area (Å²) in [5.74, 6) is 0.867. The number of carbonyl (C=O) groups excluding carboxylic acids is 1. The van der Waals surface area contributed by atoms with Crippen LogP contribution < -0.4 is 10.1 Å². The number of hydrogen-bond acceptors (Lipinski definition) is 3. The minimum absolute atomic E-state index is 0.0313. The van der Waals surface area contributed by atoms with E-state index in [1.165, 1.54) is 5.56 Å². The molecule has 1 aliphatic rings. The van der Waals surface area contributed by atoms with Gasteiger partial charge in [-0.1, -0.05) is 12.1 Å². The van der Waals surface area contributed by atoms with Crippen LogP contribution >= 0.6 is 0 Å². The number of ether oxygens (including phenoxy) is 1. The summed E-state index contributed by atoms with van der Waals surface area (Å²) in [5.41, 5.74) is 1.17. The molecule has 2 rings (SSSR count). The summed E-state index contributed by atoms with van der Waals surface area (Å²) < 4.78 is 5.62.